The summed E-state index contributed by atoms with van der Waals surface area (Å²) in [7, 11) is 0.556. The first-order valence-corrected chi connectivity index (χ1v) is 11.5. The lowest BCUT2D eigenvalue weighted by Gasteiger charge is -2.22. The molecule has 4 rings (SSSR count). The van der Waals surface area contributed by atoms with Gasteiger partial charge in [-0.15, -0.1) is 0 Å². The molecule has 29 heavy (non-hydrogen) atoms. The molecule has 1 aromatic heterocycles. The number of nitrogens with one attached hydrogen (secondary N) is 2. The lowest BCUT2D eigenvalue weighted by atomic mass is 9.91. The van der Waals surface area contributed by atoms with Crippen LogP contribution in [0.15, 0.2) is 54.7 Å². The summed E-state index contributed by atoms with van der Waals surface area (Å²) in [6.07, 6.45) is 3.86. The Balaban J connectivity index is 1.67. The van der Waals surface area contributed by atoms with Crippen molar-refractivity contribution < 1.29 is 8.42 Å². The summed E-state index contributed by atoms with van der Waals surface area (Å²) < 4.78 is 29.9. The van der Waals surface area contributed by atoms with Gasteiger partial charge in [-0.05, 0) is 42.2 Å². The van der Waals surface area contributed by atoms with E-state index in [1.165, 1.54) is 0 Å². The zero-order valence-corrected chi connectivity index (χ0v) is 17.7. The number of hydrogen-bond acceptors (Lipinski definition) is 3. The number of anilines is 1. The van der Waals surface area contributed by atoms with Crippen LogP contribution in [0.25, 0.3) is 10.9 Å². The van der Waals surface area contributed by atoms with Gasteiger partial charge in [0.05, 0.1) is 0 Å². The zero-order chi connectivity index (χ0) is 20.4. The minimum Gasteiger partial charge on any atom is -0.378 e. The number of benzene rings is 2. The number of nitrogens with zero attached hydrogens (tertiary/aromatic N) is 2. The number of para-hydroxylation sites is 1. The van der Waals surface area contributed by atoms with Crippen LogP contribution in [-0.4, -0.2) is 51.4 Å². The van der Waals surface area contributed by atoms with Gasteiger partial charge in [-0.3, -0.25) is 0 Å². The molecule has 3 aromatic rings. The maximum absolute atomic E-state index is 12.7. The summed E-state index contributed by atoms with van der Waals surface area (Å²) in [5.41, 5.74) is 4.36. The van der Waals surface area contributed by atoms with Crippen molar-refractivity contribution in [3.05, 3.63) is 65.9 Å². The van der Waals surface area contributed by atoms with E-state index in [2.05, 4.69) is 44.9 Å². The highest BCUT2D eigenvalue weighted by atomic mass is 32.2. The summed E-state index contributed by atoms with van der Waals surface area (Å²) in [5, 5.41) is 1.12. The molecule has 1 aliphatic rings. The standard InChI is InChI=1S/C22H28N4O2S/c1-25(2)18-11-9-17(10-12-18)20(16-24-29(27,28)26-13-5-6-14-26)21-15-23-22-8-4-3-7-19(21)22/h3-4,7-12,15,20,23-24H,5-6,13-14,16H2,1-2H3. The van der Waals surface area contributed by atoms with Crippen LogP contribution >= 0.6 is 0 Å². The highest BCUT2D eigenvalue weighted by Gasteiger charge is 2.27. The summed E-state index contributed by atoms with van der Waals surface area (Å²) in [6, 6.07) is 16.5. The molecule has 0 saturated carbocycles. The highest BCUT2D eigenvalue weighted by molar-refractivity contribution is 7.87. The molecule has 2 heterocycles. The van der Waals surface area contributed by atoms with Crippen LogP contribution in [0.1, 0.15) is 29.9 Å². The smallest absolute Gasteiger partial charge is 0.279 e. The first kappa shape index (κ1) is 19.9. The summed E-state index contributed by atoms with van der Waals surface area (Å²) >= 11 is 0. The molecule has 0 bridgehead atoms. The molecule has 0 aliphatic carbocycles. The summed E-state index contributed by atoms with van der Waals surface area (Å²) in [5.74, 6) is -0.0836. The normalized spacial score (nSPS) is 16.3. The van der Waals surface area contributed by atoms with Gasteiger partial charge in [-0.25, -0.2) is 4.72 Å². The molecule has 1 saturated heterocycles. The first-order chi connectivity index (χ1) is 14.0. The number of hydrogen-bond donors (Lipinski definition) is 2. The molecule has 2 aromatic carbocycles. The predicted molar refractivity (Wildman–Crippen MR) is 119 cm³/mol. The van der Waals surface area contributed by atoms with E-state index >= 15 is 0 Å². The van der Waals surface area contributed by atoms with Gasteiger partial charge in [0.25, 0.3) is 10.2 Å². The van der Waals surface area contributed by atoms with Crippen molar-refractivity contribution in [2.75, 3.05) is 38.6 Å². The van der Waals surface area contributed by atoms with Gasteiger partial charge in [-0.1, -0.05) is 30.3 Å². The molecule has 7 heteroatoms. The van der Waals surface area contributed by atoms with Crippen LogP contribution in [0.3, 0.4) is 0 Å². The van der Waals surface area contributed by atoms with Crippen LogP contribution in [0, 0.1) is 0 Å². The second-order valence-electron chi connectivity index (χ2n) is 7.79. The van der Waals surface area contributed by atoms with E-state index in [0.717, 1.165) is 40.6 Å². The second-order valence-corrected chi connectivity index (χ2v) is 9.54. The third-order valence-corrected chi connectivity index (χ3v) is 7.26. The highest BCUT2D eigenvalue weighted by Crippen LogP contribution is 2.31. The third kappa shape index (κ3) is 4.17. The molecule has 1 fully saturated rings. The number of aromatic nitrogens is 1. The SMILES string of the molecule is CN(C)c1ccc(C(CNS(=O)(=O)N2CCCC2)c2c[nH]c3ccccc23)cc1. The lowest BCUT2D eigenvalue weighted by Crippen LogP contribution is -2.40. The van der Waals surface area contributed by atoms with Crippen LogP contribution < -0.4 is 9.62 Å². The van der Waals surface area contributed by atoms with E-state index in [-0.39, 0.29) is 5.92 Å². The lowest BCUT2D eigenvalue weighted by molar-refractivity contribution is 0.463. The van der Waals surface area contributed by atoms with E-state index in [1.54, 1.807) is 4.31 Å². The largest absolute Gasteiger partial charge is 0.378 e. The molecule has 154 valence electrons. The molecular weight excluding hydrogens is 384 g/mol. The molecule has 1 unspecified atom stereocenters. The topological polar surface area (TPSA) is 68.4 Å². The van der Waals surface area contributed by atoms with Crippen molar-refractivity contribution in [3.8, 4) is 0 Å². The van der Waals surface area contributed by atoms with Gasteiger partial charge in [0.1, 0.15) is 0 Å². The van der Waals surface area contributed by atoms with E-state index in [1.807, 2.05) is 38.5 Å². The summed E-state index contributed by atoms with van der Waals surface area (Å²) in [6.45, 7) is 1.53. The Morgan fingerprint density at radius 2 is 1.76 bits per heavy atom. The van der Waals surface area contributed by atoms with Crippen molar-refractivity contribution in [2.24, 2.45) is 0 Å². The quantitative estimate of drug-likeness (QED) is 0.626. The van der Waals surface area contributed by atoms with Crippen molar-refractivity contribution in [1.29, 1.82) is 0 Å². The number of fused-ring (bicyclic) bond motifs is 1. The molecule has 0 spiro atoms. The molecule has 1 atom stereocenters. The van der Waals surface area contributed by atoms with Crippen LogP contribution in [0.4, 0.5) is 5.69 Å². The average Bonchev–Trinajstić information content (AvgIpc) is 3.39. The first-order valence-electron chi connectivity index (χ1n) is 10.0. The molecular formula is C22H28N4O2S. The van der Waals surface area contributed by atoms with E-state index in [9.17, 15) is 8.42 Å². The maximum atomic E-state index is 12.7. The maximum Gasteiger partial charge on any atom is 0.279 e. The van der Waals surface area contributed by atoms with Crippen molar-refractivity contribution in [2.45, 2.75) is 18.8 Å². The summed E-state index contributed by atoms with van der Waals surface area (Å²) in [4.78, 5) is 5.38. The number of rotatable bonds is 7. The van der Waals surface area contributed by atoms with Crippen LogP contribution in [-0.2, 0) is 10.2 Å². The van der Waals surface area contributed by atoms with Gasteiger partial charge in [-0.2, -0.15) is 12.7 Å². The van der Waals surface area contributed by atoms with Gasteiger partial charge >= 0.3 is 0 Å². The van der Waals surface area contributed by atoms with E-state index in [4.69, 9.17) is 0 Å². The van der Waals surface area contributed by atoms with Crippen molar-refractivity contribution in [1.82, 2.24) is 14.0 Å². The second kappa shape index (κ2) is 8.18. The Morgan fingerprint density at radius 1 is 1.07 bits per heavy atom. The third-order valence-electron chi connectivity index (χ3n) is 5.68. The van der Waals surface area contributed by atoms with Gasteiger partial charge in [0.2, 0.25) is 0 Å². The fraction of sp³-hybridized carbons (Fsp3) is 0.364. The number of H-pyrrole nitrogens is 1. The Hall–Kier alpha value is -2.35. The molecule has 0 radical (unpaired) electrons. The Labute approximate surface area is 172 Å². The number of aromatic amines is 1. The average molecular weight is 413 g/mol. The predicted octanol–water partition coefficient (Wildman–Crippen LogP) is 3.30. The fourth-order valence-electron chi connectivity index (χ4n) is 4.00. The van der Waals surface area contributed by atoms with Crippen LogP contribution in [0.5, 0.6) is 0 Å². The van der Waals surface area contributed by atoms with Gasteiger partial charge in [0, 0.05) is 62.4 Å². The monoisotopic (exact) mass is 412 g/mol. The minimum atomic E-state index is -3.46. The molecule has 2 N–H and O–H groups in total. The Morgan fingerprint density at radius 3 is 2.45 bits per heavy atom. The van der Waals surface area contributed by atoms with Crippen molar-refractivity contribution in [3.63, 3.8) is 0 Å². The molecule has 0 amide bonds. The molecule has 1 aliphatic heterocycles. The van der Waals surface area contributed by atoms with Gasteiger partial charge in [0.15, 0.2) is 0 Å². The van der Waals surface area contributed by atoms with Gasteiger partial charge < -0.3 is 9.88 Å². The molecule has 6 nitrogen and oxygen atoms in total. The fourth-order valence-corrected chi connectivity index (χ4v) is 5.30. The van der Waals surface area contributed by atoms with E-state index in [0.29, 0.717) is 19.6 Å². The Bertz CT molecular complexity index is 1070. The van der Waals surface area contributed by atoms with Crippen LogP contribution in [0.2, 0.25) is 0 Å². The minimum absolute atomic E-state index is 0.0836. The van der Waals surface area contributed by atoms with E-state index < -0.39 is 10.2 Å². The Kier molecular flexibility index (Phi) is 5.63. The zero-order valence-electron chi connectivity index (χ0n) is 16.9. The van der Waals surface area contributed by atoms with Crippen molar-refractivity contribution >= 4 is 26.8 Å².